The van der Waals surface area contributed by atoms with Gasteiger partial charge < -0.3 is 5.32 Å². The monoisotopic (exact) mass is 369 g/mol. The molecule has 1 aliphatic rings. The minimum absolute atomic E-state index is 0.0254. The fraction of sp³-hybridized carbons (Fsp3) is 0.462. The van der Waals surface area contributed by atoms with Crippen LogP contribution in [0, 0.1) is 5.92 Å². The summed E-state index contributed by atoms with van der Waals surface area (Å²) in [5.74, 6) is 0.285. The lowest BCUT2D eigenvalue weighted by molar-refractivity contribution is 0.0949. The van der Waals surface area contributed by atoms with E-state index in [9.17, 15) is 13.2 Å². The highest BCUT2D eigenvalue weighted by Crippen LogP contribution is 2.33. The number of benzene rings is 1. The Kier molecular flexibility index (Phi) is 5.41. The fourth-order valence-corrected chi connectivity index (χ4v) is 3.91. The summed E-state index contributed by atoms with van der Waals surface area (Å²) in [6.45, 7) is 0.548. The van der Waals surface area contributed by atoms with E-state index in [0.29, 0.717) is 12.5 Å². The smallest absolute Gasteiger partial charge is 0.262 e. The Labute approximate surface area is 138 Å². The van der Waals surface area contributed by atoms with Crippen molar-refractivity contribution in [3.63, 3.8) is 0 Å². The number of carbonyl (C=O) groups excluding carboxylic acids is 1. The molecule has 116 valence electrons. The van der Waals surface area contributed by atoms with Crippen LogP contribution in [0.15, 0.2) is 17.0 Å². The predicted molar refractivity (Wildman–Crippen MR) is 83.8 cm³/mol. The van der Waals surface area contributed by atoms with Gasteiger partial charge in [-0.05, 0) is 24.5 Å². The Balaban J connectivity index is 2.11. The highest BCUT2D eigenvalue weighted by Gasteiger charge is 2.21. The first kappa shape index (κ1) is 16.9. The minimum atomic E-state index is -4.06. The van der Waals surface area contributed by atoms with Crippen molar-refractivity contribution in [2.45, 2.75) is 30.6 Å². The van der Waals surface area contributed by atoms with Crippen molar-refractivity contribution in [1.29, 1.82) is 0 Å². The van der Waals surface area contributed by atoms with Crippen LogP contribution < -0.4 is 5.32 Å². The molecule has 8 heteroatoms. The number of halogens is 3. The molecule has 0 bridgehead atoms. The molecule has 1 N–H and O–H groups in total. The van der Waals surface area contributed by atoms with Gasteiger partial charge in [0.2, 0.25) is 0 Å². The molecule has 0 atom stereocenters. The van der Waals surface area contributed by atoms with Gasteiger partial charge in [-0.25, -0.2) is 8.42 Å². The third kappa shape index (κ3) is 4.25. The van der Waals surface area contributed by atoms with E-state index >= 15 is 0 Å². The molecule has 1 amide bonds. The summed E-state index contributed by atoms with van der Waals surface area (Å²) in [5, 5.41) is 2.54. The van der Waals surface area contributed by atoms with Crippen LogP contribution in [-0.4, -0.2) is 20.9 Å². The number of hydrogen-bond donors (Lipinski definition) is 1. The third-order valence-electron chi connectivity index (χ3n) is 3.58. The molecule has 1 aliphatic carbocycles. The van der Waals surface area contributed by atoms with Gasteiger partial charge in [0.05, 0.1) is 10.0 Å². The Hall–Kier alpha value is -0.490. The Morgan fingerprint density at radius 3 is 2.48 bits per heavy atom. The molecule has 4 nitrogen and oxygen atoms in total. The zero-order valence-corrected chi connectivity index (χ0v) is 14.1. The van der Waals surface area contributed by atoms with E-state index in [1.54, 1.807) is 0 Å². The van der Waals surface area contributed by atoms with Crippen molar-refractivity contribution in [3.8, 4) is 0 Å². The highest BCUT2D eigenvalue weighted by molar-refractivity contribution is 8.13. The summed E-state index contributed by atoms with van der Waals surface area (Å²) in [7, 11) is 1.22. The molecule has 0 saturated heterocycles. The molecule has 0 radical (unpaired) electrons. The summed E-state index contributed by atoms with van der Waals surface area (Å²) >= 11 is 11.6. The second kappa shape index (κ2) is 6.73. The van der Waals surface area contributed by atoms with Crippen LogP contribution in [0.2, 0.25) is 10.0 Å². The normalized spacial score (nSPS) is 15.6. The van der Waals surface area contributed by atoms with E-state index in [2.05, 4.69) is 5.32 Å². The molecule has 0 spiro atoms. The van der Waals surface area contributed by atoms with Gasteiger partial charge in [0, 0.05) is 22.8 Å². The summed E-state index contributed by atoms with van der Waals surface area (Å²) in [6, 6.07) is 2.46. The van der Waals surface area contributed by atoms with Crippen molar-refractivity contribution in [1.82, 2.24) is 5.32 Å². The van der Waals surface area contributed by atoms with Gasteiger partial charge in [-0.3, -0.25) is 4.79 Å². The van der Waals surface area contributed by atoms with E-state index in [1.165, 1.54) is 25.3 Å². The van der Waals surface area contributed by atoms with E-state index in [0.717, 1.165) is 12.5 Å². The molecule has 21 heavy (non-hydrogen) atoms. The second-order valence-electron chi connectivity index (χ2n) is 5.05. The van der Waals surface area contributed by atoms with Crippen LogP contribution in [0.4, 0.5) is 0 Å². The first-order valence-corrected chi connectivity index (χ1v) is 9.57. The third-order valence-corrected chi connectivity index (χ3v) is 5.84. The molecule has 1 aromatic rings. The maximum absolute atomic E-state index is 12.0. The first-order chi connectivity index (χ1) is 9.79. The first-order valence-electron chi connectivity index (χ1n) is 6.51. The zero-order chi connectivity index (χ0) is 15.6. The second-order valence-corrected chi connectivity index (χ2v) is 8.37. The maximum Gasteiger partial charge on any atom is 0.262 e. The van der Waals surface area contributed by atoms with Gasteiger partial charge >= 0.3 is 0 Å². The van der Waals surface area contributed by atoms with E-state index in [4.69, 9.17) is 33.9 Å². The molecular formula is C13H14Cl3NO3S. The van der Waals surface area contributed by atoms with Crippen molar-refractivity contribution in [2.24, 2.45) is 5.92 Å². The molecule has 1 saturated carbocycles. The Morgan fingerprint density at radius 1 is 1.29 bits per heavy atom. The summed E-state index contributed by atoms with van der Waals surface area (Å²) < 4.78 is 22.8. The minimum Gasteiger partial charge on any atom is -0.352 e. The van der Waals surface area contributed by atoms with Crippen LogP contribution in [0.3, 0.4) is 0 Å². The van der Waals surface area contributed by atoms with Gasteiger partial charge in [0.15, 0.2) is 0 Å². The fourth-order valence-electron chi connectivity index (χ4n) is 2.15. The quantitative estimate of drug-likeness (QED) is 0.801. The Morgan fingerprint density at radius 2 is 1.95 bits per heavy atom. The van der Waals surface area contributed by atoms with Crippen molar-refractivity contribution >= 4 is 48.8 Å². The lowest BCUT2D eigenvalue weighted by Gasteiger charge is -2.25. The number of rotatable bonds is 5. The number of nitrogens with one attached hydrogen (secondary N) is 1. The highest BCUT2D eigenvalue weighted by atomic mass is 35.7. The molecule has 2 rings (SSSR count). The molecule has 0 aliphatic heterocycles. The molecular weight excluding hydrogens is 357 g/mol. The Bertz CT molecular complexity index is 657. The average Bonchev–Trinajstić information content (AvgIpc) is 2.33. The zero-order valence-electron chi connectivity index (χ0n) is 11.0. The number of hydrogen-bond acceptors (Lipinski definition) is 3. The van der Waals surface area contributed by atoms with Gasteiger partial charge in [0.25, 0.3) is 15.0 Å². The van der Waals surface area contributed by atoms with Crippen LogP contribution in [0.5, 0.6) is 0 Å². The van der Waals surface area contributed by atoms with E-state index < -0.39 is 15.0 Å². The topological polar surface area (TPSA) is 63.2 Å². The molecule has 0 aromatic heterocycles. The largest absolute Gasteiger partial charge is 0.352 e. The van der Waals surface area contributed by atoms with Crippen LogP contribution in [0.1, 0.15) is 36.0 Å². The van der Waals surface area contributed by atoms with E-state index in [1.807, 2.05) is 0 Å². The van der Waals surface area contributed by atoms with Crippen LogP contribution in [-0.2, 0) is 9.05 Å². The molecule has 0 unspecified atom stereocenters. The van der Waals surface area contributed by atoms with Gasteiger partial charge in [-0.1, -0.05) is 42.5 Å². The van der Waals surface area contributed by atoms with Crippen LogP contribution in [0.25, 0.3) is 0 Å². The van der Waals surface area contributed by atoms with E-state index in [-0.39, 0.29) is 20.5 Å². The number of carbonyl (C=O) groups is 1. The van der Waals surface area contributed by atoms with Crippen LogP contribution >= 0.6 is 33.9 Å². The SMILES string of the molecule is O=C(NCCC1CCC1)c1cc(Cl)c(Cl)c(S(=O)(=O)Cl)c1. The average molecular weight is 371 g/mol. The molecule has 1 aromatic carbocycles. The summed E-state index contributed by atoms with van der Waals surface area (Å²) in [6.07, 6.45) is 4.59. The summed E-state index contributed by atoms with van der Waals surface area (Å²) in [5.41, 5.74) is 0.122. The van der Waals surface area contributed by atoms with Crippen molar-refractivity contribution in [2.75, 3.05) is 6.54 Å². The van der Waals surface area contributed by atoms with Gasteiger partial charge in [-0.2, -0.15) is 0 Å². The maximum atomic E-state index is 12.0. The number of amides is 1. The molecule has 0 heterocycles. The lowest BCUT2D eigenvalue weighted by Crippen LogP contribution is -2.27. The summed E-state index contributed by atoms with van der Waals surface area (Å²) in [4.78, 5) is 11.7. The predicted octanol–water partition coefficient (Wildman–Crippen LogP) is 3.84. The standard InChI is InChI=1S/C13H14Cl3NO3S/c14-10-6-9(7-11(12(10)15)21(16,19)20)13(18)17-5-4-8-2-1-3-8/h6-8H,1-5H2,(H,17,18). The van der Waals surface area contributed by atoms with Gasteiger partial charge in [-0.15, -0.1) is 0 Å². The van der Waals surface area contributed by atoms with Crippen molar-refractivity contribution < 1.29 is 13.2 Å². The van der Waals surface area contributed by atoms with Crippen molar-refractivity contribution in [3.05, 3.63) is 27.7 Å². The molecule has 1 fully saturated rings. The van der Waals surface area contributed by atoms with Gasteiger partial charge in [0.1, 0.15) is 4.90 Å². The lowest BCUT2D eigenvalue weighted by atomic mass is 9.83.